The number of aromatic nitrogens is 1. The maximum atomic E-state index is 14.1. The molecule has 0 aliphatic carbocycles. The standard InChI is InChI=1S/C35H33N3O7S/c1-3-44-34(41)30-31(24-7-5-4-6-8-24)36-35-38(32(30)25-11-15-26(42-2)16-12-25)33(40)28(46-35)21-23-9-13-27(14-10-23)45-22-29(39)37-17-19-43-20-18-37/h4-16,21,32H,3,17-20,22H2,1-2H3/b28-21+/t32-/m1/s1. The van der Waals surface area contributed by atoms with Crippen LogP contribution in [-0.4, -0.2) is 68.0 Å². The number of nitrogens with zero attached hydrogens (tertiary/aromatic N) is 3. The van der Waals surface area contributed by atoms with Crippen molar-refractivity contribution in [1.82, 2.24) is 9.47 Å². The van der Waals surface area contributed by atoms with Gasteiger partial charge in [0.25, 0.3) is 11.5 Å². The van der Waals surface area contributed by atoms with E-state index in [2.05, 4.69) is 0 Å². The molecule has 3 aromatic carbocycles. The second-order valence-corrected chi connectivity index (χ2v) is 11.6. The van der Waals surface area contributed by atoms with Crippen LogP contribution >= 0.6 is 11.3 Å². The van der Waals surface area contributed by atoms with Crippen LogP contribution in [0.25, 0.3) is 11.8 Å². The number of ether oxygens (including phenoxy) is 4. The number of esters is 1. The molecule has 3 heterocycles. The lowest BCUT2D eigenvalue weighted by Crippen LogP contribution is -2.42. The van der Waals surface area contributed by atoms with Gasteiger partial charge in [-0.25, -0.2) is 9.79 Å². The summed E-state index contributed by atoms with van der Waals surface area (Å²) in [6.07, 6.45) is 1.79. The van der Waals surface area contributed by atoms with Gasteiger partial charge in [0, 0.05) is 18.7 Å². The monoisotopic (exact) mass is 639 g/mol. The summed E-state index contributed by atoms with van der Waals surface area (Å²) in [6.45, 7) is 4.05. The van der Waals surface area contributed by atoms with E-state index in [1.807, 2.05) is 54.6 Å². The SMILES string of the molecule is CCOC(=O)C1=C(c2ccccc2)N=c2s/c(=C/c3ccc(OCC(=O)N4CCOCC4)cc3)c(=O)n2[C@@H]1c1ccc(OC)cc1. The molecule has 2 aliphatic heterocycles. The molecule has 1 fully saturated rings. The van der Waals surface area contributed by atoms with E-state index >= 15 is 0 Å². The van der Waals surface area contributed by atoms with Crippen LogP contribution in [0, 0.1) is 0 Å². The van der Waals surface area contributed by atoms with Crippen molar-refractivity contribution in [1.29, 1.82) is 0 Å². The van der Waals surface area contributed by atoms with Crippen molar-refractivity contribution < 1.29 is 28.5 Å². The molecule has 1 saturated heterocycles. The van der Waals surface area contributed by atoms with Gasteiger partial charge in [0.15, 0.2) is 11.4 Å². The smallest absolute Gasteiger partial charge is 0.338 e. The van der Waals surface area contributed by atoms with Crippen molar-refractivity contribution in [3.8, 4) is 11.5 Å². The van der Waals surface area contributed by atoms with E-state index in [0.717, 1.165) is 11.1 Å². The Kier molecular flexibility index (Phi) is 9.41. The average Bonchev–Trinajstić information content (AvgIpc) is 3.41. The number of fused-ring (bicyclic) bond motifs is 1. The third-order valence-electron chi connectivity index (χ3n) is 7.71. The van der Waals surface area contributed by atoms with Gasteiger partial charge in [0.2, 0.25) is 0 Å². The molecule has 6 rings (SSSR count). The van der Waals surface area contributed by atoms with E-state index in [0.29, 0.717) is 58.4 Å². The minimum atomic E-state index is -0.779. The van der Waals surface area contributed by atoms with Crippen LogP contribution in [0.2, 0.25) is 0 Å². The third-order valence-corrected chi connectivity index (χ3v) is 8.69. The Labute approximate surface area is 269 Å². The molecule has 0 spiro atoms. The molecular weight excluding hydrogens is 606 g/mol. The minimum absolute atomic E-state index is 0.0597. The number of morpholine rings is 1. The number of rotatable bonds is 9. The fraction of sp³-hybridized carbons (Fsp3) is 0.257. The highest BCUT2D eigenvalue weighted by Crippen LogP contribution is 2.35. The lowest BCUT2D eigenvalue weighted by Gasteiger charge is -2.26. The zero-order valence-corrected chi connectivity index (χ0v) is 26.3. The fourth-order valence-corrected chi connectivity index (χ4v) is 6.40. The van der Waals surface area contributed by atoms with Gasteiger partial charge in [-0.1, -0.05) is 65.9 Å². The van der Waals surface area contributed by atoms with Gasteiger partial charge in [-0.05, 0) is 48.4 Å². The molecule has 4 aromatic rings. The number of hydrogen-bond acceptors (Lipinski definition) is 9. The first-order valence-electron chi connectivity index (χ1n) is 15.0. The Morgan fingerprint density at radius 2 is 1.67 bits per heavy atom. The first kappa shape index (κ1) is 31.0. The van der Waals surface area contributed by atoms with E-state index in [4.69, 9.17) is 23.9 Å². The number of thiazole rings is 1. The third kappa shape index (κ3) is 6.51. The predicted octanol–water partition coefficient (Wildman–Crippen LogP) is 3.18. The van der Waals surface area contributed by atoms with Crippen molar-refractivity contribution in [2.24, 2.45) is 4.99 Å². The summed E-state index contributed by atoms with van der Waals surface area (Å²) in [6, 6.07) is 23.1. The van der Waals surface area contributed by atoms with E-state index < -0.39 is 12.0 Å². The highest BCUT2D eigenvalue weighted by atomic mass is 32.1. The Hall–Kier alpha value is -5.00. The van der Waals surface area contributed by atoms with Crippen LogP contribution in [0.15, 0.2) is 94.2 Å². The Morgan fingerprint density at radius 1 is 0.978 bits per heavy atom. The number of carbonyl (C=O) groups is 2. The summed E-state index contributed by atoms with van der Waals surface area (Å²) in [5, 5.41) is 0. The molecule has 0 radical (unpaired) electrons. The van der Waals surface area contributed by atoms with Crippen molar-refractivity contribution >= 4 is 35.0 Å². The van der Waals surface area contributed by atoms with E-state index in [-0.39, 0.29) is 30.3 Å². The molecule has 10 nitrogen and oxygen atoms in total. The molecule has 0 saturated carbocycles. The lowest BCUT2D eigenvalue weighted by molar-refractivity contribution is -0.139. The first-order valence-corrected chi connectivity index (χ1v) is 15.8. The highest BCUT2D eigenvalue weighted by molar-refractivity contribution is 7.07. The lowest BCUT2D eigenvalue weighted by atomic mass is 9.93. The summed E-state index contributed by atoms with van der Waals surface area (Å²) < 4.78 is 23.9. The molecule has 1 amide bonds. The largest absolute Gasteiger partial charge is 0.497 e. The summed E-state index contributed by atoms with van der Waals surface area (Å²) >= 11 is 1.25. The molecule has 1 atom stereocenters. The molecule has 0 bridgehead atoms. The maximum Gasteiger partial charge on any atom is 0.338 e. The molecule has 0 unspecified atom stereocenters. The van der Waals surface area contributed by atoms with Gasteiger partial charge in [-0.3, -0.25) is 14.2 Å². The molecule has 0 N–H and O–H groups in total. The normalized spacial score (nSPS) is 16.4. The topological polar surface area (TPSA) is 109 Å². The summed E-state index contributed by atoms with van der Waals surface area (Å²) in [5.41, 5.74) is 2.68. The number of hydrogen-bond donors (Lipinski definition) is 0. The Morgan fingerprint density at radius 3 is 2.35 bits per heavy atom. The van der Waals surface area contributed by atoms with Crippen LogP contribution in [-0.2, 0) is 19.1 Å². The van der Waals surface area contributed by atoms with Crippen LogP contribution in [0.1, 0.15) is 29.7 Å². The van der Waals surface area contributed by atoms with Crippen LogP contribution in [0.3, 0.4) is 0 Å². The average molecular weight is 640 g/mol. The first-order chi connectivity index (χ1) is 22.5. The minimum Gasteiger partial charge on any atom is -0.497 e. The number of amides is 1. The van der Waals surface area contributed by atoms with Crippen LogP contribution in [0.5, 0.6) is 11.5 Å². The number of benzene rings is 3. The van der Waals surface area contributed by atoms with Gasteiger partial charge in [-0.2, -0.15) is 0 Å². The zero-order valence-electron chi connectivity index (χ0n) is 25.5. The van der Waals surface area contributed by atoms with Gasteiger partial charge in [0.05, 0.1) is 48.8 Å². The highest BCUT2D eigenvalue weighted by Gasteiger charge is 2.35. The maximum absolute atomic E-state index is 14.1. The zero-order chi connectivity index (χ0) is 32.0. The molecule has 2 aliphatic rings. The van der Waals surface area contributed by atoms with E-state index in [9.17, 15) is 14.4 Å². The Balaban J connectivity index is 1.38. The Bertz CT molecular complexity index is 1920. The fourth-order valence-electron chi connectivity index (χ4n) is 5.40. The summed E-state index contributed by atoms with van der Waals surface area (Å²) in [7, 11) is 1.58. The van der Waals surface area contributed by atoms with Crippen molar-refractivity contribution in [2.45, 2.75) is 13.0 Å². The van der Waals surface area contributed by atoms with E-state index in [1.165, 1.54) is 11.3 Å². The molecule has 46 heavy (non-hydrogen) atoms. The molecule has 236 valence electrons. The van der Waals surface area contributed by atoms with Crippen molar-refractivity contribution in [2.75, 3.05) is 46.6 Å². The number of methoxy groups -OCH3 is 1. The van der Waals surface area contributed by atoms with Gasteiger partial charge in [0.1, 0.15) is 11.5 Å². The number of carbonyl (C=O) groups excluding carboxylic acids is 2. The van der Waals surface area contributed by atoms with Crippen LogP contribution < -0.4 is 24.4 Å². The van der Waals surface area contributed by atoms with Crippen molar-refractivity contribution in [3.63, 3.8) is 0 Å². The quantitative estimate of drug-likeness (QED) is 0.259. The van der Waals surface area contributed by atoms with E-state index in [1.54, 1.807) is 53.8 Å². The molecular formula is C35H33N3O7S. The van der Waals surface area contributed by atoms with Crippen molar-refractivity contribution in [3.05, 3.63) is 121 Å². The van der Waals surface area contributed by atoms with Gasteiger partial charge >= 0.3 is 5.97 Å². The summed E-state index contributed by atoms with van der Waals surface area (Å²) in [5.74, 6) is 0.574. The second kappa shape index (κ2) is 14.0. The van der Waals surface area contributed by atoms with Crippen LogP contribution in [0.4, 0.5) is 0 Å². The van der Waals surface area contributed by atoms with Gasteiger partial charge in [-0.15, -0.1) is 0 Å². The van der Waals surface area contributed by atoms with Gasteiger partial charge < -0.3 is 23.8 Å². The predicted molar refractivity (Wildman–Crippen MR) is 173 cm³/mol. The summed E-state index contributed by atoms with van der Waals surface area (Å²) in [4.78, 5) is 47.2. The molecule has 11 heteroatoms. The molecule has 1 aromatic heterocycles. The second-order valence-electron chi connectivity index (χ2n) is 10.6.